The second-order valence-electron chi connectivity index (χ2n) is 8.17. The molecule has 0 saturated heterocycles. The highest BCUT2D eigenvalue weighted by atomic mass is 35.5. The third kappa shape index (κ3) is 5.20. The van der Waals surface area contributed by atoms with Crippen LogP contribution in [0.2, 0.25) is 5.02 Å². The van der Waals surface area contributed by atoms with Crippen LogP contribution in [-0.4, -0.2) is 16.8 Å². The molecule has 1 aliphatic rings. The molecule has 1 N–H and O–H groups in total. The van der Waals surface area contributed by atoms with Gasteiger partial charge in [0.2, 0.25) is 5.91 Å². The predicted molar refractivity (Wildman–Crippen MR) is 142 cm³/mol. The molecule has 1 amide bonds. The molecule has 0 aliphatic carbocycles. The van der Waals surface area contributed by atoms with Gasteiger partial charge in [-0.25, -0.2) is 0 Å². The van der Waals surface area contributed by atoms with Crippen molar-refractivity contribution in [1.29, 1.82) is 0 Å². The van der Waals surface area contributed by atoms with Gasteiger partial charge < -0.3 is 9.84 Å². The fraction of sp³-hybridized carbons (Fsp3) is 0.207. The molecular weight excluding hydrogens is 458 g/mol. The Bertz CT molecular complexity index is 1360. The number of hydrogen-bond acceptors (Lipinski definition) is 4. The average Bonchev–Trinajstić information content (AvgIpc) is 3.20. The number of aromatic nitrogens is 1. The van der Waals surface area contributed by atoms with Crippen molar-refractivity contribution >= 4 is 28.9 Å². The van der Waals surface area contributed by atoms with Crippen molar-refractivity contribution < 1.29 is 9.32 Å². The molecule has 4 aromatic rings. The SMILES string of the molecule is CC.Cc1ccc(NC(=O)CC2N=C(c3ccc(Cl)cc3)c3ccccc3-c3c(C)noc32)cc1. The number of nitrogens with one attached hydrogen (secondary N) is 1. The number of carbonyl (C=O) groups is 1. The molecule has 6 heteroatoms. The van der Waals surface area contributed by atoms with Crippen LogP contribution in [0.4, 0.5) is 5.69 Å². The smallest absolute Gasteiger partial charge is 0.227 e. The van der Waals surface area contributed by atoms with Crippen LogP contribution in [-0.2, 0) is 4.79 Å². The van der Waals surface area contributed by atoms with Crippen LogP contribution in [0.1, 0.15) is 54.5 Å². The third-order valence-corrected chi connectivity index (χ3v) is 6.01. The zero-order valence-corrected chi connectivity index (χ0v) is 21.1. The van der Waals surface area contributed by atoms with E-state index in [4.69, 9.17) is 21.1 Å². The van der Waals surface area contributed by atoms with Crippen molar-refractivity contribution in [2.24, 2.45) is 4.99 Å². The zero-order valence-electron chi connectivity index (χ0n) is 20.3. The van der Waals surface area contributed by atoms with E-state index < -0.39 is 6.04 Å². The van der Waals surface area contributed by atoms with Crippen LogP contribution in [0.3, 0.4) is 0 Å². The van der Waals surface area contributed by atoms with E-state index in [1.165, 1.54) is 0 Å². The lowest BCUT2D eigenvalue weighted by Crippen LogP contribution is -2.15. The molecule has 0 saturated carbocycles. The minimum atomic E-state index is -0.523. The minimum absolute atomic E-state index is 0.126. The number of anilines is 1. The van der Waals surface area contributed by atoms with E-state index in [2.05, 4.69) is 10.5 Å². The average molecular weight is 486 g/mol. The monoisotopic (exact) mass is 485 g/mol. The highest BCUT2D eigenvalue weighted by molar-refractivity contribution is 6.30. The summed E-state index contributed by atoms with van der Waals surface area (Å²) in [7, 11) is 0. The summed E-state index contributed by atoms with van der Waals surface area (Å²) in [5.74, 6) is 0.456. The van der Waals surface area contributed by atoms with Gasteiger partial charge in [-0.3, -0.25) is 9.79 Å². The van der Waals surface area contributed by atoms with Gasteiger partial charge in [0.05, 0.1) is 23.4 Å². The number of aryl methyl sites for hydroxylation is 2. The highest BCUT2D eigenvalue weighted by Gasteiger charge is 2.31. The van der Waals surface area contributed by atoms with Gasteiger partial charge in [0.25, 0.3) is 0 Å². The van der Waals surface area contributed by atoms with Crippen molar-refractivity contribution in [3.8, 4) is 11.1 Å². The Morgan fingerprint density at radius 3 is 2.29 bits per heavy atom. The molecule has 1 atom stereocenters. The second kappa shape index (κ2) is 10.7. The molecule has 2 heterocycles. The van der Waals surface area contributed by atoms with Gasteiger partial charge in [0, 0.05) is 21.8 Å². The van der Waals surface area contributed by atoms with E-state index >= 15 is 0 Å². The number of halogens is 1. The summed E-state index contributed by atoms with van der Waals surface area (Å²) in [6.45, 7) is 7.92. The van der Waals surface area contributed by atoms with Gasteiger partial charge in [-0.1, -0.05) is 84.7 Å². The number of amides is 1. The predicted octanol–water partition coefficient (Wildman–Crippen LogP) is 7.56. The van der Waals surface area contributed by atoms with Gasteiger partial charge >= 0.3 is 0 Å². The van der Waals surface area contributed by atoms with Crippen LogP contribution in [0.25, 0.3) is 11.1 Å². The fourth-order valence-corrected chi connectivity index (χ4v) is 4.26. The summed E-state index contributed by atoms with van der Waals surface area (Å²) in [4.78, 5) is 18.0. The van der Waals surface area contributed by atoms with Crippen molar-refractivity contribution in [2.75, 3.05) is 5.32 Å². The Morgan fingerprint density at radius 1 is 0.943 bits per heavy atom. The molecule has 0 bridgehead atoms. The van der Waals surface area contributed by atoms with Crippen LogP contribution >= 0.6 is 11.6 Å². The van der Waals surface area contributed by atoms with Crippen molar-refractivity contribution in [2.45, 2.75) is 40.2 Å². The van der Waals surface area contributed by atoms with Gasteiger partial charge in [-0.05, 0) is 43.7 Å². The molecule has 5 rings (SSSR count). The molecule has 1 unspecified atom stereocenters. The maximum Gasteiger partial charge on any atom is 0.227 e. The molecule has 0 fully saturated rings. The number of nitrogens with zero attached hydrogens (tertiary/aromatic N) is 2. The molecule has 1 aliphatic heterocycles. The first-order chi connectivity index (χ1) is 17.0. The largest absolute Gasteiger partial charge is 0.358 e. The van der Waals surface area contributed by atoms with E-state index in [0.29, 0.717) is 10.8 Å². The van der Waals surface area contributed by atoms with Crippen LogP contribution in [0.15, 0.2) is 82.3 Å². The Kier molecular flexibility index (Phi) is 7.47. The number of fused-ring (bicyclic) bond motifs is 3. The lowest BCUT2D eigenvalue weighted by Gasteiger charge is -2.13. The first-order valence-corrected chi connectivity index (χ1v) is 12.1. The van der Waals surface area contributed by atoms with Gasteiger partial charge in [0.15, 0.2) is 5.76 Å². The topological polar surface area (TPSA) is 67.5 Å². The molecule has 1 aromatic heterocycles. The molecule has 0 spiro atoms. The first-order valence-electron chi connectivity index (χ1n) is 11.8. The summed E-state index contributed by atoms with van der Waals surface area (Å²) in [6.07, 6.45) is 0.126. The quantitative estimate of drug-likeness (QED) is 0.324. The third-order valence-electron chi connectivity index (χ3n) is 5.76. The van der Waals surface area contributed by atoms with Crippen molar-refractivity contribution in [3.05, 3.63) is 106 Å². The Morgan fingerprint density at radius 2 is 1.60 bits per heavy atom. The number of hydrogen-bond donors (Lipinski definition) is 1. The second-order valence-corrected chi connectivity index (χ2v) is 8.61. The van der Waals surface area contributed by atoms with Gasteiger partial charge in [-0.2, -0.15) is 0 Å². The minimum Gasteiger partial charge on any atom is -0.358 e. The summed E-state index contributed by atoms with van der Waals surface area (Å²) in [6, 6.07) is 22.8. The molecule has 178 valence electrons. The zero-order chi connectivity index (χ0) is 24.9. The lowest BCUT2D eigenvalue weighted by molar-refractivity contribution is -0.116. The number of carbonyl (C=O) groups excluding carboxylic acids is 1. The van der Waals surface area contributed by atoms with Gasteiger partial charge in [-0.15, -0.1) is 0 Å². The summed E-state index contributed by atoms with van der Waals surface area (Å²) in [5.41, 5.74) is 7.22. The first kappa shape index (κ1) is 24.4. The maximum absolute atomic E-state index is 13.0. The highest BCUT2D eigenvalue weighted by Crippen LogP contribution is 2.40. The number of benzene rings is 3. The number of aliphatic imine (C=N–C) groups is 1. The molecule has 35 heavy (non-hydrogen) atoms. The molecule has 0 radical (unpaired) electrons. The van der Waals surface area contributed by atoms with Crippen LogP contribution < -0.4 is 5.32 Å². The normalized spacial score (nSPS) is 14.0. The van der Waals surface area contributed by atoms with E-state index in [0.717, 1.165) is 44.9 Å². The number of rotatable bonds is 4. The van der Waals surface area contributed by atoms with E-state index in [9.17, 15) is 4.79 Å². The molecule has 3 aromatic carbocycles. The molecular formula is C29H28ClN3O2. The van der Waals surface area contributed by atoms with Gasteiger partial charge in [0.1, 0.15) is 6.04 Å². The fourth-order valence-electron chi connectivity index (χ4n) is 4.13. The van der Waals surface area contributed by atoms with E-state index in [1.807, 2.05) is 100 Å². The summed E-state index contributed by atoms with van der Waals surface area (Å²) < 4.78 is 5.75. The summed E-state index contributed by atoms with van der Waals surface area (Å²) >= 11 is 6.13. The standard InChI is InChI=1S/C27H22ClN3O2.C2H6/c1-16-7-13-20(14-8-16)29-24(32)15-23-27-25(17(2)31-33-27)21-5-3-4-6-22(21)26(30-23)18-9-11-19(28)12-10-18;1-2/h3-14,23H,15H2,1-2H3,(H,29,32);1-2H3. The lowest BCUT2D eigenvalue weighted by atomic mass is 9.93. The Balaban J connectivity index is 0.00000141. The maximum atomic E-state index is 13.0. The Labute approximate surface area is 210 Å². The Hall–Kier alpha value is -3.70. The van der Waals surface area contributed by atoms with Crippen LogP contribution in [0, 0.1) is 13.8 Å². The molecule has 5 nitrogen and oxygen atoms in total. The van der Waals surface area contributed by atoms with Crippen LogP contribution in [0.5, 0.6) is 0 Å². The van der Waals surface area contributed by atoms with E-state index in [1.54, 1.807) is 0 Å². The summed E-state index contributed by atoms with van der Waals surface area (Å²) in [5, 5.41) is 7.83. The van der Waals surface area contributed by atoms with Crippen molar-refractivity contribution in [3.63, 3.8) is 0 Å². The van der Waals surface area contributed by atoms with Crippen molar-refractivity contribution in [1.82, 2.24) is 5.16 Å². The van der Waals surface area contributed by atoms with E-state index in [-0.39, 0.29) is 12.3 Å².